The van der Waals surface area contributed by atoms with Crippen LogP contribution in [0.2, 0.25) is 6.04 Å². The van der Waals surface area contributed by atoms with Crippen molar-refractivity contribution in [1.82, 2.24) is 0 Å². The smallest absolute Gasteiger partial charge is 0.377 e. The van der Waals surface area contributed by atoms with Crippen LogP contribution in [-0.4, -0.2) is 42.1 Å². The summed E-state index contributed by atoms with van der Waals surface area (Å²) >= 11 is 1.89. The van der Waals surface area contributed by atoms with Gasteiger partial charge in [0, 0.05) is 27.4 Å². The summed E-state index contributed by atoms with van der Waals surface area (Å²) in [6.45, 7) is 0. The molecule has 0 aromatic heterocycles. The Bertz CT molecular complexity index is 123. The van der Waals surface area contributed by atoms with Crippen molar-refractivity contribution in [2.45, 2.75) is 25.3 Å². The third kappa shape index (κ3) is 5.36. The normalized spacial score (nSPS) is 12.0. The number of unbranched alkanes of at least 4 members (excludes halogenated alkanes) is 2. The Morgan fingerprint density at radius 3 is 1.93 bits per heavy atom. The number of hydrogen-bond donors (Lipinski definition) is 0. The Balaban J connectivity index is 3.61. The van der Waals surface area contributed by atoms with Crippen LogP contribution in [0, 0.1) is 0 Å². The van der Waals surface area contributed by atoms with Crippen molar-refractivity contribution in [3.05, 3.63) is 0 Å². The molecule has 0 N–H and O–H groups in total. The molecular formula is C9H22O3SSi. The zero-order valence-corrected chi connectivity index (χ0v) is 11.5. The molecule has 0 unspecified atom stereocenters. The molecule has 0 aliphatic rings. The average Bonchev–Trinajstić information content (AvgIpc) is 2.24. The van der Waals surface area contributed by atoms with E-state index >= 15 is 0 Å². The molecule has 0 radical (unpaired) electrons. The van der Waals surface area contributed by atoms with Gasteiger partial charge in [-0.25, -0.2) is 0 Å². The monoisotopic (exact) mass is 238 g/mol. The maximum Gasteiger partial charge on any atom is 0.500 e. The van der Waals surface area contributed by atoms with Gasteiger partial charge in [-0.1, -0.05) is 6.42 Å². The summed E-state index contributed by atoms with van der Waals surface area (Å²) in [6, 6.07) is 0.922. The minimum atomic E-state index is -2.28. The fourth-order valence-electron chi connectivity index (χ4n) is 1.32. The van der Waals surface area contributed by atoms with Gasteiger partial charge in [-0.3, -0.25) is 0 Å². The number of hydrogen-bond acceptors (Lipinski definition) is 4. The second-order valence-corrected chi connectivity index (χ2v) is 7.18. The van der Waals surface area contributed by atoms with Crippen LogP contribution >= 0.6 is 11.8 Å². The fourth-order valence-corrected chi connectivity index (χ4v) is 3.61. The van der Waals surface area contributed by atoms with Gasteiger partial charge in [0.25, 0.3) is 0 Å². The standard InChI is InChI=1S/C9H22O3SSi/c1-10-14(11-2,12-3)9-7-5-6-8-13-4/h5-9H2,1-4H3. The van der Waals surface area contributed by atoms with E-state index in [2.05, 4.69) is 6.26 Å². The van der Waals surface area contributed by atoms with Crippen LogP contribution in [0.3, 0.4) is 0 Å². The lowest BCUT2D eigenvalue weighted by Gasteiger charge is -2.24. The van der Waals surface area contributed by atoms with Crippen LogP contribution < -0.4 is 0 Å². The van der Waals surface area contributed by atoms with Gasteiger partial charge in [0.05, 0.1) is 0 Å². The Kier molecular flexibility index (Phi) is 9.01. The van der Waals surface area contributed by atoms with E-state index in [-0.39, 0.29) is 0 Å². The van der Waals surface area contributed by atoms with Crippen molar-refractivity contribution < 1.29 is 13.3 Å². The van der Waals surface area contributed by atoms with Crippen LogP contribution in [0.4, 0.5) is 0 Å². The summed E-state index contributed by atoms with van der Waals surface area (Å²) in [5, 5.41) is 0. The Morgan fingerprint density at radius 2 is 1.50 bits per heavy atom. The summed E-state index contributed by atoms with van der Waals surface area (Å²) in [7, 11) is 2.72. The van der Waals surface area contributed by atoms with Gasteiger partial charge in [-0.05, 0) is 24.9 Å². The molecule has 0 aromatic rings. The van der Waals surface area contributed by atoms with Crippen molar-refractivity contribution in [2.24, 2.45) is 0 Å². The lowest BCUT2D eigenvalue weighted by molar-refractivity contribution is 0.123. The molecular weight excluding hydrogens is 216 g/mol. The first-order valence-corrected chi connectivity index (χ1v) is 8.21. The second kappa shape index (κ2) is 8.73. The third-order valence-electron chi connectivity index (χ3n) is 2.26. The minimum Gasteiger partial charge on any atom is -0.377 e. The molecule has 5 heteroatoms. The van der Waals surface area contributed by atoms with Gasteiger partial charge in [0.15, 0.2) is 0 Å². The summed E-state index contributed by atoms with van der Waals surface area (Å²) < 4.78 is 16.0. The molecule has 0 saturated heterocycles. The van der Waals surface area contributed by atoms with Crippen molar-refractivity contribution >= 4 is 20.6 Å². The zero-order chi connectivity index (χ0) is 10.9. The maximum absolute atomic E-state index is 5.33. The molecule has 0 bridgehead atoms. The minimum absolute atomic E-state index is 0.922. The summed E-state index contributed by atoms with van der Waals surface area (Å²) in [4.78, 5) is 0. The first kappa shape index (κ1) is 14.4. The zero-order valence-electron chi connectivity index (χ0n) is 9.67. The number of rotatable bonds is 9. The molecule has 86 valence electrons. The third-order valence-corrected chi connectivity index (χ3v) is 5.79. The molecule has 0 aliphatic heterocycles. The van der Waals surface area contributed by atoms with E-state index in [4.69, 9.17) is 13.3 Å². The van der Waals surface area contributed by atoms with E-state index in [1.807, 2.05) is 11.8 Å². The highest BCUT2D eigenvalue weighted by molar-refractivity contribution is 7.98. The molecule has 0 spiro atoms. The second-order valence-electron chi connectivity index (χ2n) is 3.10. The SMILES string of the molecule is CO[Si](CCCCCSC)(OC)OC. The van der Waals surface area contributed by atoms with E-state index in [9.17, 15) is 0 Å². The highest BCUT2D eigenvalue weighted by Crippen LogP contribution is 2.17. The van der Waals surface area contributed by atoms with Gasteiger partial charge < -0.3 is 13.3 Å². The lowest BCUT2D eigenvalue weighted by Crippen LogP contribution is -2.42. The quantitative estimate of drug-likeness (QED) is 0.455. The molecule has 0 rings (SSSR count). The molecule has 0 aliphatic carbocycles. The Morgan fingerprint density at radius 1 is 0.929 bits per heavy atom. The van der Waals surface area contributed by atoms with E-state index in [0.717, 1.165) is 12.5 Å². The van der Waals surface area contributed by atoms with Crippen LogP contribution in [0.15, 0.2) is 0 Å². The number of thioether (sulfide) groups is 1. The molecule has 0 saturated carbocycles. The van der Waals surface area contributed by atoms with E-state index in [1.165, 1.54) is 18.6 Å². The molecule has 0 heterocycles. The van der Waals surface area contributed by atoms with Crippen LogP contribution in [0.1, 0.15) is 19.3 Å². The molecule has 0 amide bonds. The van der Waals surface area contributed by atoms with Crippen LogP contribution in [0.25, 0.3) is 0 Å². The van der Waals surface area contributed by atoms with Crippen molar-refractivity contribution in [3.63, 3.8) is 0 Å². The predicted molar refractivity (Wildman–Crippen MR) is 63.8 cm³/mol. The largest absolute Gasteiger partial charge is 0.500 e. The van der Waals surface area contributed by atoms with Gasteiger partial charge in [0.1, 0.15) is 0 Å². The highest BCUT2D eigenvalue weighted by atomic mass is 32.2. The van der Waals surface area contributed by atoms with Gasteiger partial charge in [-0.2, -0.15) is 11.8 Å². The molecule has 3 nitrogen and oxygen atoms in total. The van der Waals surface area contributed by atoms with Gasteiger partial charge >= 0.3 is 8.80 Å². The maximum atomic E-state index is 5.33. The average molecular weight is 238 g/mol. The first-order valence-electron chi connectivity index (χ1n) is 4.89. The van der Waals surface area contributed by atoms with E-state index in [0.29, 0.717) is 0 Å². The van der Waals surface area contributed by atoms with E-state index in [1.54, 1.807) is 21.3 Å². The fraction of sp³-hybridized carbons (Fsp3) is 1.00. The van der Waals surface area contributed by atoms with Crippen molar-refractivity contribution in [3.8, 4) is 0 Å². The Hall–Kier alpha value is 0.447. The molecule has 14 heavy (non-hydrogen) atoms. The van der Waals surface area contributed by atoms with E-state index < -0.39 is 8.80 Å². The molecule has 0 fully saturated rings. The first-order chi connectivity index (χ1) is 6.74. The topological polar surface area (TPSA) is 27.7 Å². The van der Waals surface area contributed by atoms with Crippen LogP contribution in [0.5, 0.6) is 0 Å². The van der Waals surface area contributed by atoms with Gasteiger partial charge in [0.2, 0.25) is 0 Å². The molecule has 0 atom stereocenters. The summed E-state index contributed by atoms with van der Waals surface area (Å²) in [5.74, 6) is 1.24. The summed E-state index contributed by atoms with van der Waals surface area (Å²) in [6.07, 6.45) is 5.76. The van der Waals surface area contributed by atoms with Crippen LogP contribution in [-0.2, 0) is 13.3 Å². The highest BCUT2D eigenvalue weighted by Gasteiger charge is 2.36. The summed E-state index contributed by atoms with van der Waals surface area (Å²) in [5.41, 5.74) is 0. The molecule has 0 aromatic carbocycles. The Labute approximate surface area is 92.9 Å². The van der Waals surface area contributed by atoms with Crippen molar-refractivity contribution in [1.29, 1.82) is 0 Å². The van der Waals surface area contributed by atoms with Crippen molar-refractivity contribution in [2.75, 3.05) is 33.3 Å². The lowest BCUT2D eigenvalue weighted by atomic mass is 10.3. The van der Waals surface area contributed by atoms with Gasteiger partial charge in [-0.15, -0.1) is 0 Å². The predicted octanol–water partition coefficient (Wildman–Crippen LogP) is 2.40.